The number of pyridine rings is 1. The van der Waals surface area contributed by atoms with Crippen LogP contribution in [0, 0.1) is 6.92 Å². The van der Waals surface area contributed by atoms with Crippen LogP contribution < -0.4 is 0 Å². The van der Waals surface area contributed by atoms with Crippen molar-refractivity contribution in [2.45, 2.75) is 13.8 Å². The van der Waals surface area contributed by atoms with Crippen molar-refractivity contribution in [3.05, 3.63) is 27.9 Å². The third-order valence-corrected chi connectivity index (χ3v) is 3.68. The first kappa shape index (κ1) is 11.4. The largest absolute Gasteiger partial charge is 0.462 e. The van der Waals surface area contributed by atoms with Crippen molar-refractivity contribution in [2.75, 3.05) is 6.61 Å². The molecule has 0 bridgehead atoms. The second-order valence-corrected chi connectivity index (χ2v) is 4.72. The molecular weight excluding hydrogens is 246 g/mol. The van der Waals surface area contributed by atoms with Gasteiger partial charge in [0.2, 0.25) is 0 Å². The molecule has 2 aromatic rings. The Kier molecular flexibility index (Phi) is 3.12. The predicted octanol–water partition coefficient (Wildman–Crippen LogP) is 3.43. The number of carbonyl (C=O) groups is 1. The summed E-state index contributed by atoms with van der Waals surface area (Å²) in [5.41, 5.74) is 0.905. The van der Waals surface area contributed by atoms with Gasteiger partial charge in [-0.15, -0.1) is 11.3 Å². The van der Waals surface area contributed by atoms with Gasteiger partial charge in [-0.3, -0.25) is 0 Å². The molecule has 0 aliphatic heterocycles. The number of aromatic nitrogens is 1. The average molecular weight is 256 g/mol. The molecule has 0 aliphatic rings. The number of esters is 1. The number of ether oxygens (including phenoxy) is 1. The molecule has 0 saturated heterocycles. The van der Waals surface area contributed by atoms with Gasteiger partial charge < -0.3 is 4.74 Å². The lowest BCUT2D eigenvalue weighted by atomic mass is 10.2. The monoisotopic (exact) mass is 255 g/mol. The Hall–Kier alpha value is -1.13. The molecule has 0 fully saturated rings. The van der Waals surface area contributed by atoms with E-state index in [1.165, 1.54) is 11.3 Å². The standard InChI is InChI=1S/C11H10ClNO2S/c1-3-15-11(14)10-6(2)7-4-9(12)13-5-8(7)16-10/h4-5H,3H2,1-2H3. The summed E-state index contributed by atoms with van der Waals surface area (Å²) in [7, 11) is 0. The Balaban J connectivity index is 2.56. The van der Waals surface area contributed by atoms with Crippen LogP contribution in [0.1, 0.15) is 22.2 Å². The van der Waals surface area contributed by atoms with Crippen molar-refractivity contribution in [3.8, 4) is 0 Å². The van der Waals surface area contributed by atoms with Crippen LogP contribution in [0.3, 0.4) is 0 Å². The van der Waals surface area contributed by atoms with E-state index in [9.17, 15) is 4.79 Å². The zero-order valence-electron chi connectivity index (χ0n) is 8.91. The molecule has 0 N–H and O–H groups in total. The van der Waals surface area contributed by atoms with Gasteiger partial charge >= 0.3 is 5.97 Å². The van der Waals surface area contributed by atoms with Crippen molar-refractivity contribution in [3.63, 3.8) is 0 Å². The van der Waals surface area contributed by atoms with Gasteiger partial charge in [0.15, 0.2) is 0 Å². The minimum atomic E-state index is -0.280. The summed E-state index contributed by atoms with van der Waals surface area (Å²) < 4.78 is 5.94. The maximum absolute atomic E-state index is 11.7. The number of hydrogen-bond acceptors (Lipinski definition) is 4. The third-order valence-electron chi connectivity index (χ3n) is 2.25. The first-order valence-electron chi connectivity index (χ1n) is 4.85. The van der Waals surface area contributed by atoms with Crippen LogP contribution in [0.25, 0.3) is 10.1 Å². The van der Waals surface area contributed by atoms with E-state index in [2.05, 4.69) is 4.98 Å². The van der Waals surface area contributed by atoms with E-state index in [0.29, 0.717) is 16.6 Å². The minimum Gasteiger partial charge on any atom is -0.462 e. The molecule has 5 heteroatoms. The average Bonchev–Trinajstić information content (AvgIpc) is 2.57. The maximum atomic E-state index is 11.7. The lowest BCUT2D eigenvalue weighted by molar-refractivity contribution is 0.0531. The van der Waals surface area contributed by atoms with Crippen LogP contribution in [0.15, 0.2) is 12.3 Å². The van der Waals surface area contributed by atoms with Crippen LogP contribution in [0.4, 0.5) is 0 Å². The number of rotatable bonds is 2. The summed E-state index contributed by atoms with van der Waals surface area (Å²) in [5, 5.41) is 1.40. The summed E-state index contributed by atoms with van der Waals surface area (Å²) in [5.74, 6) is -0.280. The molecule has 2 heterocycles. The molecule has 0 radical (unpaired) electrons. The number of nitrogens with zero attached hydrogens (tertiary/aromatic N) is 1. The van der Waals surface area contributed by atoms with Gasteiger partial charge in [-0.2, -0.15) is 0 Å². The lowest BCUT2D eigenvalue weighted by Gasteiger charge is -1.99. The Labute approximate surface area is 102 Å². The van der Waals surface area contributed by atoms with E-state index >= 15 is 0 Å². The fourth-order valence-corrected chi connectivity index (χ4v) is 2.70. The number of thiophene rings is 1. The van der Waals surface area contributed by atoms with Crippen molar-refractivity contribution < 1.29 is 9.53 Å². The molecule has 0 saturated carbocycles. The molecule has 0 unspecified atom stereocenters. The van der Waals surface area contributed by atoms with Crippen LogP contribution in [-0.2, 0) is 4.74 Å². The van der Waals surface area contributed by atoms with Crippen LogP contribution >= 0.6 is 22.9 Å². The molecule has 2 rings (SSSR count). The number of fused-ring (bicyclic) bond motifs is 1. The van der Waals surface area contributed by atoms with E-state index in [1.54, 1.807) is 19.2 Å². The molecule has 2 aromatic heterocycles. The molecule has 0 aromatic carbocycles. The van der Waals surface area contributed by atoms with Gasteiger partial charge in [0, 0.05) is 11.6 Å². The Bertz CT molecular complexity index is 550. The molecular formula is C11H10ClNO2S. The SMILES string of the molecule is CCOC(=O)c1sc2cnc(Cl)cc2c1C. The van der Waals surface area contributed by atoms with E-state index in [1.807, 2.05) is 6.92 Å². The van der Waals surface area contributed by atoms with Gasteiger partial charge in [-0.05, 0) is 25.5 Å². The van der Waals surface area contributed by atoms with Gasteiger partial charge in [0.25, 0.3) is 0 Å². The zero-order valence-corrected chi connectivity index (χ0v) is 10.5. The summed E-state index contributed by atoms with van der Waals surface area (Å²) in [6.45, 7) is 4.06. The highest BCUT2D eigenvalue weighted by Crippen LogP contribution is 2.31. The van der Waals surface area contributed by atoms with Gasteiger partial charge in [0.1, 0.15) is 10.0 Å². The van der Waals surface area contributed by atoms with Crippen molar-refractivity contribution in [1.82, 2.24) is 4.98 Å². The third kappa shape index (κ3) is 1.90. The fourth-order valence-electron chi connectivity index (χ4n) is 1.49. The van der Waals surface area contributed by atoms with Crippen molar-refractivity contribution in [1.29, 1.82) is 0 Å². The van der Waals surface area contributed by atoms with Crippen LogP contribution in [0.5, 0.6) is 0 Å². The topological polar surface area (TPSA) is 39.2 Å². The Morgan fingerprint density at radius 1 is 1.62 bits per heavy atom. The van der Waals surface area contributed by atoms with Gasteiger partial charge in [-0.1, -0.05) is 11.6 Å². The molecule has 0 aliphatic carbocycles. The van der Waals surface area contributed by atoms with E-state index in [4.69, 9.17) is 16.3 Å². The van der Waals surface area contributed by atoms with E-state index < -0.39 is 0 Å². The van der Waals surface area contributed by atoms with Crippen LogP contribution in [0.2, 0.25) is 5.15 Å². The van der Waals surface area contributed by atoms with Crippen molar-refractivity contribution in [2.24, 2.45) is 0 Å². The molecule has 84 valence electrons. The molecule has 3 nitrogen and oxygen atoms in total. The fraction of sp³-hybridized carbons (Fsp3) is 0.273. The Morgan fingerprint density at radius 2 is 2.38 bits per heavy atom. The highest BCUT2D eigenvalue weighted by molar-refractivity contribution is 7.21. The van der Waals surface area contributed by atoms with Gasteiger partial charge in [0.05, 0.1) is 11.3 Å². The highest BCUT2D eigenvalue weighted by atomic mass is 35.5. The number of aryl methyl sites for hydroxylation is 1. The number of halogens is 1. The summed E-state index contributed by atoms with van der Waals surface area (Å²) in [6.07, 6.45) is 1.68. The summed E-state index contributed by atoms with van der Waals surface area (Å²) in [4.78, 5) is 16.3. The Morgan fingerprint density at radius 3 is 3.06 bits per heavy atom. The highest BCUT2D eigenvalue weighted by Gasteiger charge is 2.16. The number of hydrogen-bond donors (Lipinski definition) is 0. The smallest absolute Gasteiger partial charge is 0.348 e. The van der Waals surface area contributed by atoms with Crippen LogP contribution in [-0.4, -0.2) is 17.6 Å². The predicted molar refractivity (Wildman–Crippen MR) is 65.3 cm³/mol. The summed E-state index contributed by atoms with van der Waals surface area (Å²) in [6, 6.07) is 1.77. The lowest BCUT2D eigenvalue weighted by Crippen LogP contribution is -2.03. The van der Waals surface area contributed by atoms with E-state index in [-0.39, 0.29) is 5.97 Å². The summed E-state index contributed by atoms with van der Waals surface area (Å²) >= 11 is 7.20. The normalized spacial score (nSPS) is 10.7. The number of carbonyl (C=O) groups excluding carboxylic acids is 1. The van der Waals surface area contributed by atoms with Gasteiger partial charge in [-0.25, -0.2) is 9.78 Å². The molecule has 0 spiro atoms. The maximum Gasteiger partial charge on any atom is 0.348 e. The van der Waals surface area contributed by atoms with E-state index in [0.717, 1.165) is 15.6 Å². The molecule has 0 atom stereocenters. The second kappa shape index (κ2) is 4.39. The first-order valence-corrected chi connectivity index (χ1v) is 6.04. The van der Waals surface area contributed by atoms with Crippen molar-refractivity contribution >= 4 is 39.0 Å². The molecule has 16 heavy (non-hydrogen) atoms. The first-order chi connectivity index (χ1) is 7.63. The second-order valence-electron chi connectivity index (χ2n) is 3.28. The zero-order chi connectivity index (χ0) is 11.7. The quantitative estimate of drug-likeness (QED) is 0.610. The molecule has 0 amide bonds. The minimum absolute atomic E-state index is 0.280.